The van der Waals surface area contributed by atoms with E-state index in [9.17, 15) is 5.11 Å². The molecule has 1 N–H and O–H groups in total. The van der Waals surface area contributed by atoms with Crippen LogP contribution < -0.4 is 9.47 Å². The molecule has 0 aromatic heterocycles. The third-order valence-corrected chi connectivity index (χ3v) is 2.68. The normalized spacial score (nSPS) is 15.2. The van der Waals surface area contributed by atoms with E-state index in [2.05, 4.69) is 0 Å². The number of aliphatic hydroxyl groups is 1. The van der Waals surface area contributed by atoms with Crippen molar-refractivity contribution in [1.29, 1.82) is 0 Å². The monoisotopic (exact) mass is 228 g/mol. The summed E-state index contributed by atoms with van der Waals surface area (Å²) in [6, 6.07) is 3.53. The number of fused-ring (bicyclic) bond motifs is 1. The number of hydrogen-bond acceptors (Lipinski definition) is 3. The predicted molar refractivity (Wildman–Crippen MR) is 57.7 cm³/mol. The quantitative estimate of drug-likeness (QED) is 0.802. The SMILES string of the molecule is CC(C)(O)c1ccc2c(c1Cl)OCCO2. The molecule has 0 unspecified atom stereocenters. The smallest absolute Gasteiger partial charge is 0.180 e. The largest absolute Gasteiger partial charge is 0.486 e. The van der Waals surface area contributed by atoms with Crippen LogP contribution in [0, 0.1) is 0 Å². The van der Waals surface area contributed by atoms with Crippen LogP contribution in [-0.4, -0.2) is 18.3 Å². The molecule has 0 radical (unpaired) electrons. The van der Waals surface area contributed by atoms with Gasteiger partial charge in [0.2, 0.25) is 0 Å². The number of ether oxygens (including phenoxy) is 2. The van der Waals surface area contributed by atoms with E-state index in [4.69, 9.17) is 21.1 Å². The molecule has 0 spiro atoms. The summed E-state index contributed by atoms with van der Waals surface area (Å²) in [5, 5.41) is 10.3. The van der Waals surface area contributed by atoms with Gasteiger partial charge in [-0.05, 0) is 19.9 Å². The minimum atomic E-state index is -0.979. The molecular formula is C11H13ClO3. The summed E-state index contributed by atoms with van der Waals surface area (Å²) in [5.74, 6) is 1.17. The lowest BCUT2D eigenvalue weighted by Crippen LogP contribution is -2.20. The zero-order valence-corrected chi connectivity index (χ0v) is 9.47. The molecule has 0 fully saturated rings. The van der Waals surface area contributed by atoms with Gasteiger partial charge in [-0.1, -0.05) is 17.7 Å². The summed E-state index contributed by atoms with van der Waals surface area (Å²) >= 11 is 6.15. The van der Waals surface area contributed by atoms with Crippen LogP contribution in [0.3, 0.4) is 0 Å². The first-order valence-electron chi connectivity index (χ1n) is 4.81. The highest BCUT2D eigenvalue weighted by atomic mass is 35.5. The minimum absolute atomic E-state index is 0.430. The van der Waals surface area contributed by atoms with E-state index in [-0.39, 0.29) is 0 Å². The van der Waals surface area contributed by atoms with Gasteiger partial charge in [-0.3, -0.25) is 0 Å². The van der Waals surface area contributed by atoms with E-state index < -0.39 is 5.60 Å². The Labute approximate surface area is 93.6 Å². The van der Waals surface area contributed by atoms with Crippen LogP contribution >= 0.6 is 11.6 Å². The van der Waals surface area contributed by atoms with Gasteiger partial charge in [0.1, 0.15) is 13.2 Å². The molecule has 82 valence electrons. The molecule has 0 bridgehead atoms. The summed E-state index contributed by atoms with van der Waals surface area (Å²) in [6.07, 6.45) is 0. The number of halogens is 1. The Morgan fingerprint density at radius 1 is 1.27 bits per heavy atom. The molecular weight excluding hydrogens is 216 g/mol. The molecule has 1 aromatic carbocycles. The Bertz CT molecular complexity index is 382. The lowest BCUT2D eigenvalue weighted by Gasteiger charge is -2.25. The molecule has 1 aliphatic heterocycles. The lowest BCUT2D eigenvalue weighted by atomic mass is 9.98. The zero-order chi connectivity index (χ0) is 11.1. The molecule has 0 saturated heterocycles. The van der Waals surface area contributed by atoms with E-state index in [1.807, 2.05) is 0 Å². The van der Waals surface area contributed by atoms with Crippen molar-refractivity contribution < 1.29 is 14.6 Å². The lowest BCUT2D eigenvalue weighted by molar-refractivity contribution is 0.0777. The van der Waals surface area contributed by atoms with Crippen molar-refractivity contribution in [1.82, 2.24) is 0 Å². The van der Waals surface area contributed by atoms with Crippen LogP contribution in [0.15, 0.2) is 12.1 Å². The Morgan fingerprint density at radius 3 is 2.60 bits per heavy atom. The Hall–Kier alpha value is -0.930. The third-order valence-electron chi connectivity index (χ3n) is 2.31. The van der Waals surface area contributed by atoms with Gasteiger partial charge in [0, 0.05) is 5.56 Å². The van der Waals surface area contributed by atoms with Crippen molar-refractivity contribution in [3.8, 4) is 11.5 Å². The highest BCUT2D eigenvalue weighted by molar-refractivity contribution is 6.33. The van der Waals surface area contributed by atoms with Gasteiger partial charge in [0.15, 0.2) is 11.5 Å². The van der Waals surface area contributed by atoms with Crippen LogP contribution in [0.2, 0.25) is 5.02 Å². The Balaban J connectivity index is 2.53. The third kappa shape index (κ3) is 1.90. The van der Waals surface area contributed by atoms with Crippen LogP contribution in [0.4, 0.5) is 0 Å². The van der Waals surface area contributed by atoms with Gasteiger partial charge < -0.3 is 14.6 Å². The molecule has 1 aliphatic rings. The van der Waals surface area contributed by atoms with E-state index in [1.54, 1.807) is 26.0 Å². The summed E-state index contributed by atoms with van der Waals surface area (Å²) in [6.45, 7) is 4.39. The van der Waals surface area contributed by atoms with Crippen molar-refractivity contribution in [2.45, 2.75) is 19.4 Å². The van der Waals surface area contributed by atoms with Gasteiger partial charge in [0.25, 0.3) is 0 Å². The molecule has 3 nitrogen and oxygen atoms in total. The fourth-order valence-electron chi connectivity index (χ4n) is 1.55. The molecule has 0 aliphatic carbocycles. The topological polar surface area (TPSA) is 38.7 Å². The van der Waals surface area contributed by atoms with Crippen LogP contribution in [0.5, 0.6) is 11.5 Å². The molecule has 0 saturated carbocycles. The molecule has 1 heterocycles. The molecule has 1 aromatic rings. The van der Waals surface area contributed by atoms with Gasteiger partial charge in [-0.15, -0.1) is 0 Å². The maximum Gasteiger partial charge on any atom is 0.180 e. The average molecular weight is 229 g/mol. The van der Waals surface area contributed by atoms with Gasteiger partial charge in [-0.25, -0.2) is 0 Å². The van der Waals surface area contributed by atoms with Crippen LogP contribution in [0.1, 0.15) is 19.4 Å². The molecule has 0 atom stereocenters. The van der Waals surface area contributed by atoms with Crippen molar-refractivity contribution >= 4 is 11.6 Å². The second kappa shape index (κ2) is 3.58. The highest BCUT2D eigenvalue weighted by Crippen LogP contribution is 2.42. The van der Waals surface area contributed by atoms with Crippen molar-refractivity contribution in [2.24, 2.45) is 0 Å². The van der Waals surface area contributed by atoms with Gasteiger partial charge >= 0.3 is 0 Å². The first-order valence-corrected chi connectivity index (χ1v) is 5.19. The van der Waals surface area contributed by atoms with Gasteiger partial charge in [0.05, 0.1) is 10.6 Å². The van der Waals surface area contributed by atoms with E-state index >= 15 is 0 Å². The fraction of sp³-hybridized carbons (Fsp3) is 0.455. The molecule has 4 heteroatoms. The number of benzene rings is 1. The van der Waals surface area contributed by atoms with Gasteiger partial charge in [-0.2, -0.15) is 0 Å². The predicted octanol–water partition coefficient (Wildman–Crippen LogP) is 2.34. The van der Waals surface area contributed by atoms with E-state index in [0.717, 1.165) is 0 Å². The summed E-state index contributed by atoms with van der Waals surface area (Å²) < 4.78 is 10.8. The molecule has 2 rings (SSSR count). The Morgan fingerprint density at radius 2 is 1.93 bits per heavy atom. The first-order chi connectivity index (χ1) is 7.00. The maximum absolute atomic E-state index is 9.89. The van der Waals surface area contributed by atoms with Crippen molar-refractivity contribution in [2.75, 3.05) is 13.2 Å². The second-order valence-electron chi connectivity index (χ2n) is 4.01. The summed E-state index contributed by atoms with van der Waals surface area (Å²) in [4.78, 5) is 0. The minimum Gasteiger partial charge on any atom is -0.486 e. The fourth-order valence-corrected chi connectivity index (χ4v) is 2.00. The second-order valence-corrected chi connectivity index (χ2v) is 4.39. The number of hydrogen-bond donors (Lipinski definition) is 1. The molecule has 15 heavy (non-hydrogen) atoms. The van der Waals surface area contributed by atoms with Crippen molar-refractivity contribution in [3.63, 3.8) is 0 Å². The molecule has 0 amide bonds. The first kappa shape index (κ1) is 10.6. The number of rotatable bonds is 1. The summed E-state index contributed by atoms with van der Waals surface area (Å²) in [5.41, 5.74) is -0.333. The van der Waals surface area contributed by atoms with E-state index in [0.29, 0.717) is 35.3 Å². The average Bonchev–Trinajstić information content (AvgIpc) is 2.16. The van der Waals surface area contributed by atoms with Crippen LogP contribution in [0.25, 0.3) is 0 Å². The maximum atomic E-state index is 9.89. The van der Waals surface area contributed by atoms with Crippen LogP contribution in [-0.2, 0) is 5.60 Å². The zero-order valence-electron chi connectivity index (χ0n) is 8.71. The van der Waals surface area contributed by atoms with Crippen molar-refractivity contribution in [3.05, 3.63) is 22.7 Å². The summed E-state index contributed by atoms with van der Waals surface area (Å²) in [7, 11) is 0. The highest BCUT2D eigenvalue weighted by Gasteiger charge is 2.25. The Kier molecular flexibility index (Phi) is 2.52. The standard InChI is InChI=1S/C11H13ClO3/c1-11(2,13)7-3-4-8-10(9(7)12)15-6-5-14-8/h3-4,13H,5-6H2,1-2H3. The van der Waals surface area contributed by atoms with E-state index in [1.165, 1.54) is 0 Å².